The van der Waals surface area contributed by atoms with Gasteiger partial charge in [-0.05, 0) is 38.0 Å². The minimum Gasteiger partial charge on any atom is -0.487 e. The molecule has 1 unspecified atom stereocenters. The van der Waals surface area contributed by atoms with Gasteiger partial charge < -0.3 is 14.6 Å². The van der Waals surface area contributed by atoms with E-state index in [1.807, 2.05) is 12.1 Å². The van der Waals surface area contributed by atoms with Crippen LogP contribution in [0.2, 0.25) is 0 Å². The number of benzene rings is 1. The molecule has 4 heteroatoms. The molecule has 0 aromatic heterocycles. The van der Waals surface area contributed by atoms with Crippen molar-refractivity contribution in [2.75, 3.05) is 6.61 Å². The van der Waals surface area contributed by atoms with Gasteiger partial charge in [0.2, 0.25) is 0 Å². The van der Waals surface area contributed by atoms with Gasteiger partial charge in [0, 0.05) is 11.0 Å². The summed E-state index contributed by atoms with van der Waals surface area (Å²) in [6, 6.07) is 5.50. The smallest absolute Gasteiger partial charge is 0.341 e. The molecule has 2 rings (SSSR count). The second-order valence-corrected chi connectivity index (χ2v) is 6.44. The number of carboxylic acid groups (broad SMARTS) is 1. The van der Waals surface area contributed by atoms with E-state index >= 15 is 0 Å². The molecular weight excluding hydrogens is 256 g/mol. The molecule has 1 aliphatic rings. The first kappa shape index (κ1) is 14.7. The van der Waals surface area contributed by atoms with E-state index in [4.69, 9.17) is 14.6 Å². The Morgan fingerprint density at radius 3 is 2.60 bits per heavy atom. The van der Waals surface area contributed by atoms with E-state index in [9.17, 15) is 4.79 Å². The summed E-state index contributed by atoms with van der Waals surface area (Å²) in [4.78, 5) is 10.6. The molecule has 0 spiro atoms. The van der Waals surface area contributed by atoms with Gasteiger partial charge in [0.05, 0.1) is 0 Å². The van der Waals surface area contributed by atoms with E-state index in [-0.39, 0.29) is 23.5 Å². The highest BCUT2D eigenvalue weighted by Gasteiger charge is 2.48. The summed E-state index contributed by atoms with van der Waals surface area (Å²) in [5.41, 5.74) is 0.770. The Morgan fingerprint density at radius 1 is 1.35 bits per heavy atom. The maximum Gasteiger partial charge on any atom is 0.341 e. The van der Waals surface area contributed by atoms with Crippen LogP contribution in [0.25, 0.3) is 0 Å². The molecule has 0 fully saturated rings. The SMILES string of the molecule is CC1c2cc(OCC(=O)O)ccc2OC(C)(C)C1(C)C. The number of carboxylic acids is 1. The third-order valence-corrected chi connectivity index (χ3v) is 4.81. The molecule has 0 saturated carbocycles. The van der Waals surface area contributed by atoms with Gasteiger partial charge in [0.15, 0.2) is 6.61 Å². The van der Waals surface area contributed by atoms with Gasteiger partial charge in [-0.2, -0.15) is 0 Å². The highest BCUT2D eigenvalue weighted by atomic mass is 16.5. The van der Waals surface area contributed by atoms with Crippen molar-refractivity contribution in [3.05, 3.63) is 23.8 Å². The van der Waals surface area contributed by atoms with Crippen LogP contribution in [0.5, 0.6) is 11.5 Å². The molecule has 0 aliphatic carbocycles. The lowest BCUT2D eigenvalue weighted by molar-refractivity contribution is -0.139. The molecule has 0 radical (unpaired) electrons. The molecule has 0 amide bonds. The van der Waals surface area contributed by atoms with E-state index < -0.39 is 5.97 Å². The predicted molar refractivity (Wildman–Crippen MR) is 76.5 cm³/mol. The Hall–Kier alpha value is -1.71. The van der Waals surface area contributed by atoms with Crippen LogP contribution < -0.4 is 9.47 Å². The maximum atomic E-state index is 10.6. The lowest BCUT2D eigenvalue weighted by Gasteiger charge is -2.50. The summed E-state index contributed by atoms with van der Waals surface area (Å²) in [5, 5.41) is 8.67. The molecule has 0 saturated heterocycles. The zero-order valence-electron chi connectivity index (χ0n) is 12.7. The van der Waals surface area contributed by atoms with E-state index in [0.29, 0.717) is 5.75 Å². The van der Waals surface area contributed by atoms with Gasteiger partial charge in [-0.15, -0.1) is 0 Å². The van der Waals surface area contributed by atoms with E-state index in [1.54, 1.807) is 6.07 Å². The van der Waals surface area contributed by atoms with Crippen LogP contribution in [0.4, 0.5) is 0 Å². The second kappa shape index (κ2) is 4.69. The highest BCUT2D eigenvalue weighted by molar-refractivity contribution is 5.68. The number of rotatable bonds is 3. The van der Waals surface area contributed by atoms with Crippen LogP contribution in [0.15, 0.2) is 18.2 Å². The molecule has 1 atom stereocenters. The summed E-state index contributed by atoms with van der Waals surface area (Å²) >= 11 is 0. The van der Waals surface area contributed by atoms with Gasteiger partial charge in [0.25, 0.3) is 0 Å². The van der Waals surface area contributed by atoms with Crippen molar-refractivity contribution >= 4 is 5.97 Å². The van der Waals surface area contributed by atoms with E-state index in [1.165, 1.54) is 0 Å². The number of hydrogen-bond acceptors (Lipinski definition) is 3. The average Bonchev–Trinajstić information content (AvgIpc) is 2.34. The van der Waals surface area contributed by atoms with Crippen molar-refractivity contribution in [3.8, 4) is 11.5 Å². The molecule has 1 aromatic rings. The number of aliphatic carboxylic acids is 1. The highest BCUT2D eigenvalue weighted by Crippen LogP contribution is 2.53. The zero-order chi connectivity index (χ0) is 15.1. The number of ether oxygens (including phenoxy) is 2. The molecule has 1 N–H and O–H groups in total. The standard InChI is InChI=1S/C16H22O4/c1-10-12-8-11(19-9-14(17)18)6-7-13(12)20-16(4,5)15(10,2)3/h6-8,10H,9H2,1-5H3,(H,17,18). The Kier molecular flexibility index (Phi) is 3.44. The monoisotopic (exact) mass is 278 g/mol. The Bertz CT molecular complexity index is 531. The number of fused-ring (bicyclic) bond motifs is 1. The van der Waals surface area contributed by atoms with Gasteiger partial charge in [0.1, 0.15) is 17.1 Å². The minimum absolute atomic E-state index is 0.0363. The van der Waals surface area contributed by atoms with Crippen LogP contribution >= 0.6 is 0 Å². The van der Waals surface area contributed by atoms with Gasteiger partial charge in [-0.3, -0.25) is 0 Å². The van der Waals surface area contributed by atoms with Crippen LogP contribution in [0.1, 0.15) is 46.1 Å². The third kappa shape index (κ3) is 2.35. The van der Waals surface area contributed by atoms with Crippen molar-refractivity contribution in [1.82, 2.24) is 0 Å². The van der Waals surface area contributed by atoms with Gasteiger partial charge >= 0.3 is 5.97 Å². The van der Waals surface area contributed by atoms with Crippen molar-refractivity contribution in [1.29, 1.82) is 0 Å². The van der Waals surface area contributed by atoms with Gasteiger partial charge in [-0.25, -0.2) is 4.79 Å². The third-order valence-electron chi connectivity index (χ3n) is 4.81. The summed E-state index contributed by atoms with van der Waals surface area (Å²) < 4.78 is 11.4. The zero-order valence-corrected chi connectivity index (χ0v) is 12.7. The summed E-state index contributed by atoms with van der Waals surface area (Å²) in [7, 11) is 0. The van der Waals surface area contributed by atoms with Crippen molar-refractivity contribution in [2.24, 2.45) is 5.41 Å². The first-order chi connectivity index (χ1) is 9.15. The molecule has 1 aliphatic heterocycles. The van der Waals surface area contributed by atoms with E-state index in [2.05, 4.69) is 34.6 Å². The molecule has 20 heavy (non-hydrogen) atoms. The van der Waals surface area contributed by atoms with Crippen LogP contribution in [-0.2, 0) is 4.79 Å². The van der Waals surface area contributed by atoms with Crippen LogP contribution in [0.3, 0.4) is 0 Å². The quantitative estimate of drug-likeness (QED) is 0.920. The Balaban J connectivity index is 2.35. The van der Waals surface area contributed by atoms with Crippen LogP contribution in [0, 0.1) is 5.41 Å². The largest absolute Gasteiger partial charge is 0.487 e. The minimum atomic E-state index is -0.978. The fourth-order valence-electron chi connectivity index (χ4n) is 2.51. The second-order valence-electron chi connectivity index (χ2n) is 6.44. The topological polar surface area (TPSA) is 55.8 Å². The van der Waals surface area contributed by atoms with Crippen LogP contribution in [-0.4, -0.2) is 23.3 Å². The van der Waals surface area contributed by atoms with Crippen molar-refractivity contribution in [2.45, 2.75) is 46.1 Å². The maximum absolute atomic E-state index is 10.6. The first-order valence-electron chi connectivity index (χ1n) is 6.83. The summed E-state index contributed by atoms with van der Waals surface area (Å²) in [6.07, 6.45) is 0. The van der Waals surface area contributed by atoms with Crippen molar-refractivity contribution in [3.63, 3.8) is 0 Å². The molecule has 1 heterocycles. The van der Waals surface area contributed by atoms with Gasteiger partial charge in [-0.1, -0.05) is 20.8 Å². The molecule has 0 bridgehead atoms. The lowest BCUT2D eigenvalue weighted by Crippen LogP contribution is -2.50. The normalized spacial score (nSPS) is 22.6. The number of hydrogen-bond donors (Lipinski definition) is 1. The predicted octanol–water partition coefficient (Wildman–Crippen LogP) is 3.45. The molecular formula is C16H22O4. The fraction of sp³-hybridized carbons (Fsp3) is 0.562. The number of carbonyl (C=O) groups is 1. The summed E-state index contributed by atoms with van der Waals surface area (Å²) in [6.45, 7) is 10.4. The molecule has 1 aromatic carbocycles. The van der Waals surface area contributed by atoms with Crippen molar-refractivity contribution < 1.29 is 19.4 Å². The fourth-order valence-corrected chi connectivity index (χ4v) is 2.51. The Morgan fingerprint density at radius 2 is 2.00 bits per heavy atom. The Labute approximate surface area is 119 Å². The lowest BCUT2D eigenvalue weighted by atomic mass is 9.64. The molecule has 4 nitrogen and oxygen atoms in total. The molecule has 110 valence electrons. The average molecular weight is 278 g/mol. The van der Waals surface area contributed by atoms with E-state index in [0.717, 1.165) is 11.3 Å². The first-order valence-corrected chi connectivity index (χ1v) is 6.83. The summed E-state index contributed by atoms with van der Waals surface area (Å²) in [5.74, 6) is 0.727.